The molecule has 256 valence electrons. The van der Waals surface area contributed by atoms with Crippen molar-refractivity contribution >= 4 is 34.2 Å². The minimum Gasteiger partial charge on any atom is -0.481 e. The van der Waals surface area contributed by atoms with Crippen LogP contribution < -0.4 is 5.32 Å². The quantitative estimate of drug-likeness (QED) is 0.0718. The molecule has 0 unspecified atom stereocenters. The van der Waals surface area contributed by atoms with Gasteiger partial charge in [0.25, 0.3) is 11.8 Å². The van der Waals surface area contributed by atoms with Crippen LogP contribution >= 0.6 is 0 Å². The summed E-state index contributed by atoms with van der Waals surface area (Å²) in [7, 11) is 0. The third-order valence-electron chi connectivity index (χ3n) is 9.61. The third-order valence-corrected chi connectivity index (χ3v) is 9.61. The average molecular weight is 635 g/mol. The molecule has 6 heteroatoms. The van der Waals surface area contributed by atoms with Crippen molar-refractivity contribution in [1.82, 2.24) is 4.90 Å². The largest absolute Gasteiger partial charge is 0.481 e. The predicted octanol–water partition coefficient (Wildman–Crippen LogP) is 11.3. The Morgan fingerprint density at radius 2 is 1.09 bits per heavy atom. The lowest BCUT2D eigenvalue weighted by Crippen LogP contribution is -2.40. The summed E-state index contributed by atoms with van der Waals surface area (Å²) in [4.78, 5) is 38.9. The molecule has 0 atom stereocenters. The number of aliphatic carboxylic acids is 1. The van der Waals surface area contributed by atoms with E-state index in [4.69, 9.17) is 5.11 Å². The van der Waals surface area contributed by atoms with Gasteiger partial charge in [0, 0.05) is 47.1 Å². The number of nitrogens with zero attached hydrogens (tertiary/aromatic N) is 1. The molecule has 1 aliphatic rings. The van der Waals surface area contributed by atoms with Crippen molar-refractivity contribution in [2.45, 2.75) is 161 Å². The second-order valence-corrected chi connectivity index (χ2v) is 13.5. The van der Waals surface area contributed by atoms with Gasteiger partial charge in [0.05, 0.1) is 0 Å². The number of amides is 2. The van der Waals surface area contributed by atoms with Crippen LogP contribution in [0.3, 0.4) is 0 Å². The maximum absolute atomic E-state index is 13.4. The Morgan fingerprint density at radius 1 is 0.609 bits per heavy atom. The molecule has 0 saturated carbocycles. The highest BCUT2D eigenvalue weighted by Crippen LogP contribution is 2.34. The van der Waals surface area contributed by atoms with Gasteiger partial charge in [0.1, 0.15) is 0 Å². The van der Waals surface area contributed by atoms with Crippen molar-refractivity contribution in [2.24, 2.45) is 0 Å². The number of hydrogen-bond donors (Lipinski definition) is 2. The van der Waals surface area contributed by atoms with Crippen LogP contribution in [0.5, 0.6) is 0 Å². The normalized spacial score (nSPS) is 12.8. The second-order valence-electron chi connectivity index (χ2n) is 13.5. The van der Waals surface area contributed by atoms with Crippen molar-refractivity contribution in [2.75, 3.05) is 18.4 Å². The number of rotatable bonds is 28. The Hall–Kier alpha value is -2.89. The molecule has 2 amide bonds. The van der Waals surface area contributed by atoms with Gasteiger partial charge in [-0.25, -0.2) is 0 Å². The smallest absolute Gasteiger partial charge is 0.303 e. The van der Waals surface area contributed by atoms with Crippen LogP contribution in [0.15, 0.2) is 30.3 Å². The van der Waals surface area contributed by atoms with Gasteiger partial charge >= 0.3 is 5.97 Å². The van der Waals surface area contributed by atoms with Gasteiger partial charge < -0.3 is 10.4 Å². The summed E-state index contributed by atoms with van der Waals surface area (Å²) in [6.07, 6.45) is 28.3. The van der Waals surface area contributed by atoms with Gasteiger partial charge in [-0.15, -0.1) is 0 Å². The highest BCUT2D eigenvalue weighted by atomic mass is 16.4. The molecule has 6 nitrogen and oxygen atoms in total. The molecular weight excluding hydrogens is 572 g/mol. The molecule has 0 fully saturated rings. The van der Waals surface area contributed by atoms with Crippen molar-refractivity contribution in [3.05, 3.63) is 41.5 Å². The molecule has 1 aliphatic heterocycles. The Morgan fingerprint density at radius 3 is 1.63 bits per heavy atom. The molecule has 2 N–H and O–H groups in total. The molecule has 2 aromatic carbocycles. The topological polar surface area (TPSA) is 86.7 Å². The molecular formula is C40H62N2O4. The van der Waals surface area contributed by atoms with Gasteiger partial charge in [-0.2, -0.15) is 0 Å². The first-order valence-corrected chi connectivity index (χ1v) is 18.9. The van der Waals surface area contributed by atoms with Gasteiger partial charge in [-0.3, -0.25) is 19.3 Å². The first kappa shape index (κ1) is 37.6. The van der Waals surface area contributed by atoms with E-state index in [0.717, 1.165) is 87.2 Å². The molecule has 3 rings (SSSR count). The number of benzene rings is 2. The summed E-state index contributed by atoms with van der Waals surface area (Å²) in [6, 6.07) is 9.74. The molecule has 0 radical (unpaired) electrons. The second kappa shape index (κ2) is 22.6. The third kappa shape index (κ3) is 13.1. The molecule has 0 aliphatic carbocycles. The zero-order valence-electron chi connectivity index (χ0n) is 28.9. The van der Waals surface area contributed by atoms with Crippen LogP contribution in [0.1, 0.15) is 182 Å². The lowest BCUT2D eigenvalue weighted by Gasteiger charge is -2.28. The van der Waals surface area contributed by atoms with Gasteiger partial charge in [0.15, 0.2) is 0 Å². The van der Waals surface area contributed by atoms with Crippen LogP contribution in [-0.2, 0) is 4.79 Å². The zero-order valence-corrected chi connectivity index (χ0v) is 28.9. The Balaban J connectivity index is 1.32. The monoisotopic (exact) mass is 634 g/mol. The van der Waals surface area contributed by atoms with E-state index in [1.165, 1.54) is 88.4 Å². The summed E-state index contributed by atoms with van der Waals surface area (Å²) in [6.45, 7) is 3.64. The van der Waals surface area contributed by atoms with Crippen molar-refractivity contribution in [1.29, 1.82) is 0 Å². The Bertz CT molecular complexity index is 1170. The van der Waals surface area contributed by atoms with Crippen LogP contribution in [0.4, 0.5) is 5.69 Å². The minimum absolute atomic E-state index is 0.173. The van der Waals surface area contributed by atoms with E-state index >= 15 is 0 Å². The fourth-order valence-corrected chi connectivity index (χ4v) is 6.83. The van der Waals surface area contributed by atoms with Gasteiger partial charge in [0.2, 0.25) is 0 Å². The van der Waals surface area contributed by atoms with E-state index in [2.05, 4.69) is 12.2 Å². The van der Waals surface area contributed by atoms with Crippen molar-refractivity contribution in [3.8, 4) is 0 Å². The molecule has 46 heavy (non-hydrogen) atoms. The maximum Gasteiger partial charge on any atom is 0.303 e. The van der Waals surface area contributed by atoms with Crippen molar-refractivity contribution < 1.29 is 19.5 Å². The lowest BCUT2D eigenvalue weighted by atomic mass is 9.92. The van der Waals surface area contributed by atoms with Gasteiger partial charge in [-0.05, 0) is 37.5 Å². The van der Waals surface area contributed by atoms with Crippen LogP contribution in [0.2, 0.25) is 0 Å². The first-order chi connectivity index (χ1) is 22.5. The summed E-state index contributed by atoms with van der Waals surface area (Å²) in [5.41, 5.74) is 2.27. The van der Waals surface area contributed by atoms with E-state index in [1.807, 2.05) is 30.3 Å². The van der Waals surface area contributed by atoms with Gasteiger partial charge in [-0.1, -0.05) is 147 Å². The molecule has 0 saturated heterocycles. The summed E-state index contributed by atoms with van der Waals surface area (Å²) in [5.74, 6) is -1.06. The molecule has 0 bridgehead atoms. The lowest BCUT2D eigenvalue weighted by molar-refractivity contribution is -0.137. The number of carbonyl (C=O) groups is 3. The maximum atomic E-state index is 13.4. The number of imide groups is 1. The minimum atomic E-state index is -0.710. The van der Waals surface area contributed by atoms with Crippen LogP contribution in [-0.4, -0.2) is 40.9 Å². The fraction of sp³-hybridized carbons (Fsp3) is 0.675. The van der Waals surface area contributed by atoms with E-state index in [9.17, 15) is 14.4 Å². The SMILES string of the molecule is CCCCCCCCCCCCCCCCNc1ccc2c3c(cccc13)C(=O)N(CCCCCCCCCCCC(=O)O)C2=O. The van der Waals surface area contributed by atoms with E-state index in [-0.39, 0.29) is 18.2 Å². The standard InChI is InChI=1S/C40H62N2O4/c1-2-3-4-5-6-7-8-9-10-11-14-17-20-23-31-41-36-30-29-35-38-33(36)26-25-27-34(38)39(45)42(40(35)46)32-24-21-18-15-12-13-16-19-22-28-37(43)44/h25-27,29-30,41H,2-24,28,31-32H2,1H3,(H,43,44). The number of anilines is 1. The van der Waals surface area contributed by atoms with Crippen molar-refractivity contribution in [3.63, 3.8) is 0 Å². The summed E-state index contributed by atoms with van der Waals surface area (Å²) >= 11 is 0. The molecule has 2 aromatic rings. The Labute approximate surface area is 279 Å². The zero-order chi connectivity index (χ0) is 32.8. The first-order valence-electron chi connectivity index (χ1n) is 18.9. The number of carboxylic acids is 1. The van der Waals surface area contributed by atoms with E-state index in [0.29, 0.717) is 17.7 Å². The molecule has 1 heterocycles. The number of carbonyl (C=O) groups excluding carboxylic acids is 2. The average Bonchev–Trinajstić information content (AvgIpc) is 3.05. The van der Waals surface area contributed by atoms with Crippen LogP contribution in [0.25, 0.3) is 10.8 Å². The highest BCUT2D eigenvalue weighted by molar-refractivity contribution is 6.26. The fourth-order valence-electron chi connectivity index (χ4n) is 6.83. The number of carboxylic acid groups (broad SMARTS) is 1. The number of unbranched alkanes of at least 4 members (excludes halogenated alkanes) is 21. The molecule has 0 aromatic heterocycles. The number of hydrogen-bond acceptors (Lipinski definition) is 4. The van der Waals surface area contributed by atoms with E-state index < -0.39 is 5.97 Å². The summed E-state index contributed by atoms with van der Waals surface area (Å²) in [5, 5.41) is 14.1. The summed E-state index contributed by atoms with van der Waals surface area (Å²) < 4.78 is 0. The highest BCUT2D eigenvalue weighted by Gasteiger charge is 2.32. The molecule has 0 spiro atoms. The predicted molar refractivity (Wildman–Crippen MR) is 192 cm³/mol. The van der Waals surface area contributed by atoms with E-state index in [1.54, 1.807) is 0 Å². The number of nitrogens with one attached hydrogen (secondary N) is 1. The van der Waals surface area contributed by atoms with Crippen LogP contribution in [0, 0.1) is 0 Å². The Kier molecular flexibility index (Phi) is 18.5.